The number of hydrogen-bond donors (Lipinski definition) is 1. The van der Waals surface area contributed by atoms with Crippen LogP contribution < -0.4 is 5.06 Å². The van der Waals surface area contributed by atoms with Crippen molar-refractivity contribution in [1.82, 2.24) is 4.98 Å². The van der Waals surface area contributed by atoms with Crippen LogP contribution in [-0.4, -0.2) is 20.8 Å². The molecule has 1 atom stereocenters. The standard InChI is InChI=1S/C6H8N2O3S/c1-8(11-12(9)10)6-3-2-4-7-5-6/h2-5H,1H3,(H,9,10). The maximum Gasteiger partial charge on any atom is 0.325 e. The summed E-state index contributed by atoms with van der Waals surface area (Å²) in [7, 11) is 1.52. The Morgan fingerprint density at radius 1 is 1.75 bits per heavy atom. The molecule has 0 aliphatic carbocycles. The topological polar surface area (TPSA) is 62.7 Å². The quantitative estimate of drug-likeness (QED) is 0.555. The van der Waals surface area contributed by atoms with E-state index in [4.69, 9.17) is 4.55 Å². The number of hydrogen-bond acceptors (Lipinski definition) is 4. The molecule has 0 fully saturated rings. The first kappa shape index (κ1) is 9.11. The Balaban J connectivity index is 2.65. The molecule has 0 aliphatic rings. The van der Waals surface area contributed by atoms with E-state index in [1.165, 1.54) is 18.3 Å². The van der Waals surface area contributed by atoms with Crippen LogP contribution >= 0.6 is 0 Å². The first-order valence-corrected chi connectivity index (χ1v) is 4.16. The van der Waals surface area contributed by atoms with Gasteiger partial charge in [0.25, 0.3) is 0 Å². The van der Waals surface area contributed by atoms with E-state index in [9.17, 15) is 4.21 Å². The van der Waals surface area contributed by atoms with Crippen LogP contribution in [0.5, 0.6) is 0 Å². The molecule has 1 aromatic heterocycles. The molecule has 5 nitrogen and oxygen atoms in total. The van der Waals surface area contributed by atoms with Crippen molar-refractivity contribution in [3.8, 4) is 0 Å². The summed E-state index contributed by atoms with van der Waals surface area (Å²) in [6.45, 7) is 0. The Hall–Kier alpha value is -0.980. The molecule has 0 amide bonds. The Labute approximate surface area is 72.4 Å². The van der Waals surface area contributed by atoms with Gasteiger partial charge >= 0.3 is 11.4 Å². The average Bonchev–Trinajstić information content (AvgIpc) is 2.05. The first-order chi connectivity index (χ1) is 5.70. The normalized spacial score (nSPS) is 12.5. The van der Waals surface area contributed by atoms with Gasteiger partial charge in [-0.25, -0.2) is 5.06 Å². The number of hydroxylamine groups is 1. The molecule has 0 aliphatic heterocycles. The second-order valence-corrected chi connectivity index (χ2v) is 2.58. The highest BCUT2D eigenvalue weighted by molar-refractivity contribution is 7.74. The van der Waals surface area contributed by atoms with Gasteiger partial charge in [0.1, 0.15) is 0 Å². The molecule has 0 saturated heterocycles. The van der Waals surface area contributed by atoms with Crippen molar-refractivity contribution in [3.63, 3.8) is 0 Å². The fourth-order valence-electron chi connectivity index (χ4n) is 0.679. The predicted molar refractivity (Wildman–Crippen MR) is 44.5 cm³/mol. The Morgan fingerprint density at radius 2 is 2.50 bits per heavy atom. The van der Waals surface area contributed by atoms with Crippen LogP contribution in [0.2, 0.25) is 0 Å². The molecule has 6 heteroatoms. The fraction of sp³-hybridized carbons (Fsp3) is 0.167. The summed E-state index contributed by atoms with van der Waals surface area (Å²) in [4.78, 5) is 3.81. The smallest absolute Gasteiger partial charge is 0.282 e. The number of rotatable bonds is 3. The van der Waals surface area contributed by atoms with E-state index in [2.05, 4.69) is 9.27 Å². The van der Waals surface area contributed by atoms with Crippen LogP contribution in [0.1, 0.15) is 0 Å². The van der Waals surface area contributed by atoms with E-state index < -0.39 is 11.4 Å². The van der Waals surface area contributed by atoms with Gasteiger partial charge in [-0.05, 0) is 12.1 Å². The molecule has 1 N–H and O–H groups in total. The lowest BCUT2D eigenvalue weighted by atomic mass is 10.4. The zero-order valence-electron chi connectivity index (χ0n) is 6.38. The van der Waals surface area contributed by atoms with Crippen LogP contribution in [0.15, 0.2) is 24.5 Å². The molecule has 0 radical (unpaired) electrons. The molecule has 1 heterocycles. The van der Waals surface area contributed by atoms with Crippen molar-refractivity contribution >= 4 is 17.0 Å². The minimum absolute atomic E-state index is 0.611. The minimum atomic E-state index is -2.30. The molecule has 1 rings (SSSR count). The highest BCUT2D eigenvalue weighted by Gasteiger charge is 2.03. The number of pyridine rings is 1. The van der Waals surface area contributed by atoms with Crippen LogP contribution in [-0.2, 0) is 15.6 Å². The van der Waals surface area contributed by atoms with Crippen molar-refractivity contribution in [2.75, 3.05) is 12.1 Å². The molecule has 0 bridgehead atoms. The largest absolute Gasteiger partial charge is 0.325 e. The third-order valence-electron chi connectivity index (χ3n) is 1.19. The fourth-order valence-corrected chi connectivity index (χ4v) is 0.956. The van der Waals surface area contributed by atoms with E-state index in [0.29, 0.717) is 5.69 Å². The van der Waals surface area contributed by atoms with Gasteiger partial charge in [0.2, 0.25) is 0 Å². The predicted octanol–water partition coefficient (Wildman–Crippen LogP) is 0.586. The maximum atomic E-state index is 10.2. The summed E-state index contributed by atoms with van der Waals surface area (Å²) in [6.07, 6.45) is 3.13. The van der Waals surface area contributed by atoms with Crippen molar-refractivity contribution in [1.29, 1.82) is 0 Å². The van der Waals surface area contributed by atoms with Gasteiger partial charge in [-0.15, -0.1) is 4.28 Å². The van der Waals surface area contributed by atoms with E-state index in [1.54, 1.807) is 18.3 Å². The zero-order valence-corrected chi connectivity index (χ0v) is 7.19. The summed E-state index contributed by atoms with van der Waals surface area (Å²) in [5.74, 6) is 0. The first-order valence-electron chi connectivity index (χ1n) is 3.13. The number of aromatic nitrogens is 1. The van der Waals surface area contributed by atoms with Gasteiger partial charge in [-0.1, -0.05) is 0 Å². The highest BCUT2D eigenvalue weighted by atomic mass is 32.2. The van der Waals surface area contributed by atoms with Crippen molar-refractivity contribution in [2.24, 2.45) is 0 Å². The third kappa shape index (κ3) is 2.57. The summed E-state index contributed by atoms with van der Waals surface area (Å²) in [5, 5.41) is 1.17. The monoisotopic (exact) mass is 188 g/mol. The molecule has 1 unspecified atom stereocenters. The zero-order chi connectivity index (χ0) is 8.97. The van der Waals surface area contributed by atoms with E-state index in [1.807, 2.05) is 0 Å². The SMILES string of the molecule is CN(OS(=O)O)c1cccnc1. The van der Waals surface area contributed by atoms with Crippen LogP contribution in [0.25, 0.3) is 0 Å². The minimum Gasteiger partial charge on any atom is -0.282 e. The van der Waals surface area contributed by atoms with E-state index in [-0.39, 0.29) is 0 Å². The van der Waals surface area contributed by atoms with E-state index in [0.717, 1.165) is 0 Å². The molecular weight excluding hydrogens is 180 g/mol. The van der Waals surface area contributed by atoms with Gasteiger partial charge in [0, 0.05) is 13.2 Å². The van der Waals surface area contributed by atoms with Crippen LogP contribution in [0.3, 0.4) is 0 Å². The Kier molecular flexibility index (Phi) is 3.15. The second kappa shape index (κ2) is 4.15. The molecule has 12 heavy (non-hydrogen) atoms. The van der Waals surface area contributed by atoms with Crippen molar-refractivity contribution in [3.05, 3.63) is 24.5 Å². The summed E-state index contributed by atoms with van der Waals surface area (Å²) in [5.41, 5.74) is 0.611. The average molecular weight is 188 g/mol. The van der Waals surface area contributed by atoms with Crippen molar-refractivity contribution < 1.29 is 13.0 Å². The maximum absolute atomic E-state index is 10.2. The third-order valence-corrected chi connectivity index (χ3v) is 1.54. The lowest BCUT2D eigenvalue weighted by molar-refractivity contribution is 0.295. The molecular formula is C6H8N2O3S. The Bertz CT molecular complexity index is 267. The Morgan fingerprint density at radius 3 is 3.00 bits per heavy atom. The lowest BCUT2D eigenvalue weighted by Crippen LogP contribution is -2.18. The summed E-state index contributed by atoms with van der Waals surface area (Å²) >= 11 is -2.30. The summed E-state index contributed by atoms with van der Waals surface area (Å²) in [6, 6.07) is 3.41. The lowest BCUT2D eigenvalue weighted by Gasteiger charge is -2.13. The van der Waals surface area contributed by atoms with Crippen LogP contribution in [0.4, 0.5) is 5.69 Å². The summed E-state index contributed by atoms with van der Waals surface area (Å²) < 4.78 is 23.0. The molecule has 1 aromatic rings. The van der Waals surface area contributed by atoms with Gasteiger partial charge in [-0.2, -0.15) is 4.21 Å². The molecule has 0 spiro atoms. The highest BCUT2D eigenvalue weighted by Crippen LogP contribution is 2.09. The van der Waals surface area contributed by atoms with Gasteiger partial charge in [0.05, 0.1) is 11.9 Å². The van der Waals surface area contributed by atoms with Gasteiger partial charge in [-0.3, -0.25) is 9.54 Å². The number of nitrogens with zero attached hydrogens (tertiary/aromatic N) is 2. The second-order valence-electron chi connectivity index (χ2n) is 2.00. The van der Waals surface area contributed by atoms with Crippen molar-refractivity contribution in [2.45, 2.75) is 0 Å². The molecule has 0 saturated carbocycles. The van der Waals surface area contributed by atoms with Crippen LogP contribution in [0, 0.1) is 0 Å². The number of anilines is 1. The van der Waals surface area contributed by atoms with E-state index >= 15 is 0 Å². The molecule has 66 valence electrons. The molecule has 0 aromatic carbocycles. The van der Waals surface area contributed by atoms with Gasteiger partial charge in [0.15, 0.2) is 0 Å². The van der Waals surface area contributed by atoms with Gasteiger partial charge < -0.3 is 0 Å².